The van der Waals surface area contributed by atoms with Gasteiger partial charge in [-0.25, -0.2) is 0 Å². The number of fused-ring (bicyclic) bond motifs is 1. The van der Waals surface area contributed by atoms with Gasteiger partial charge in [-0.2, -0.15) is 0 Å². The number of nitrogens with zero attached hydrogens (tertiary/aromatic N) is 1. The quantitative estimate of drug-likeness (QED) is 0.620. The number of carbonyl (C=O) groups excluding carboxylic acids is 2. The average molecular weight is 341 g/mol. The second-order valence-electron chi connectivity index (χ2n) is 7.24. The lowest BCUT2D eigenvalue weighted by atomic mass is 9.85. The number of esters is 1. The summed E-state index contributed by atoms with van der Waals surface area (Å²) in [6.07, 6.45) is 7.47. The molecule has 3 rings (SSSR count). The molecule has 0 spiro atoms. The van der Waals surface area contributed by atoms with Crippen LogP contribution in [0.15, 0.2) is 36.4 Å². The molecule has 0 bridgehead atoms. The van der Waals surface area contributed by atoms with Crippen molar-refractivity contribution in [2.45, 2.75) is 45.6 Å². The van der Waals surface area contributed by atoms with E-state index >= 15 is 0 Å². The second-order valence-corrected chi connectivity index (χ2v) is 7.24. The highest BCUT2D eigenvalue weighted by Gasteiger charge is 2.31. The van der Waals surface area contributed by atoms with Crippen molar-refractivity contribution in [2.75, 3.05) is 13.2 Å². The zero-order chi connectivity index (χ0) is 17.8. The zero-order valence-electron chi connectivity index (χ0n) is 15.1. The maximum Gasteiger partial charge on any atom is 0.308 e. The van der Waals surface area contributed by atoms with Crippen LogP contribution in [0.25, 0.3) is 0 Å². The van der Waals surface area contributed by atoms with Crippen LogP contribution < -0.4 is 0 Å². The Bertz CT molecular complexity index is 667. The smallest absolute Gasteiger partial charge is 0.308 e. The molecule has 1 aromatic rings. The summed E-state index contributed by atoms with van der Waals surface area (Å²) in [5, 5.41) is 0. The number of allylic oxidation sites excluding steroid dienone is 2. The molecule has 1 aliphatic carbocycles. The number of amides is 1. The minimum atomic E-state index is -0.213. The molecule has 4 heteroatoms. The van der Waals surface area contributed by atoms with Crippen molar-refractivity contribution in [2.24, 2.45) is 11.8 Å². The molecule has 0 fully saturated rings. The van der Waals surface area contributed by atoms with Gasteiger partial charge in [0.1, 0.15) is 0 Å². The fourth-order valence-electron chi connectivity index (χ4n) is 3.90. The van der Waals surface area contributed by atoms with E-state index in [2.05, 4.69) is 25.1 Å². The van der Waals surface area contributed by atoms with Gasteiger partial charge >= 0.3 is 5.97 Å². The Hall–Kier alpha value is -2.10. The Labute approximate surface area is 149 Å². The Morgan fingerprint density at radius 1 is 1.20 bits per heavy atom. The minimum Gasteiger partial charge on any atom is -0.465 e. The van der Waals surface area contributed by atoms with Crippen molar-refractivity contribution in [3.05, 3.63) is 47.5 Å². The third kappa shape index (κ3) is 4.12. The summed E-state index contributed by atoms with van der Waals surface area (Å²) >= 11 is 0. The fourth-order valence-corrected chi connectivity index (χ4v) is 3.90. The van der Waals surface area contributed by atoms with Crippen molar-refractivity contribution in [3.8, 4) is 0 Å². The molecule has 0 N–H and O–H groups in total. The SMILES string of the molecule is CC(=O)N1CCc2ccccc2C1CC(=O)OCC1CC=CCC1C. The van der Waals surface area contributed by atoms with Crippen LogP contribution >= 0.6 is 0 Å². The van der Waals surface area contributed by atoms with Crippen LogP contribution in [0.2, 0.25) is 0 Å². The van der Waals surface area contributed by atoms with Crippen LogP contribution in [-0.2, 0) is 20.7 Å². The lowest BCUT2D eigenvalue weighted by Gasteiger charge is -2.36. The van der Waals surface area contributed by atoms with E-state index in [4.69, 9.17) is 4.74 Å². The molecule has 1 amide bonds. The van der Waals surface area contributed by atoms with Crippen LogP contribution in [0, 0.1) is 11.8 Å². The monoisotopic (exact) mass is 341 g/mol. The minimum absolute atomic E-state index is 0.0124. The second kappa shape index (κ2) is 7.85. The third-order valence-electron chi connectivity index (χ3n) is 5.55. The number of rotatable bonds is 4. The average Bonchev–Trinajstić information content (AvgIpc) is 2.61. The zero-order valence-corrected chi connectivity index (χ0v) is 15.1. The van der Waals surface area contributed by atoms with Crippen LogP contribution in [0.1, 0.15) is 50.3 Å². The van der Waals surface area contributed by atoms with Crippen LogP contribution in [0.4, 0.5) is 0 Å². The largest absolute Gasteiger partial charge is 0.465 e. The summed E-state index contributed by atoms with van der Waals surface area (Å²) in [4.78, 5) is 26.3. The van der Waals surface area contributed by atoms with E-state index in [1.807, 2.05) is 18.2 Å². The first-order valence-corrected chi connectivity index (χ1v) is 9.22. The molecule has 3 atom stereocenters. The molecule has 4 nitrogen and oxygen atoms in total. The number of hydrogen-bond donors (Lipinski definition) is 0. The van der Waals surface area contributed by atoms with Crippen molar-refractivity contribution in [1.82, 2.24) is 4.90 Å². The maximum atomic E-state index is 12.5. The fraction of sp³-hybridized carbons (Fsp3) is 0.524. The van der Waals surface area contributed by atoms with Gasteiger partial charge in [-0.05, 0) is 42.2 Å². The van der Waals surface area contributed by atoms with E-state index < -0.39 is 0 Å². The van der Waals surface area contributed by atoms with Gasteiger partial charge in [0.05, 0.1) is 19.1 Å². The van der Waals surface area contributed by atoms with E-state index in [0.717, 1.165) is 24.8 Å². The van der Waals surface area contributed by atoms with Gasteiger partial charge in [-0.15, -0.1) is 0 Å². The van der Waals surface area contributed by atoms with E-state index in [1.165, 1.54) is 5.56 Å². The summed E-state index contributed by atoms with van der Waals surface area (Å²) in [6, 6.07) is 7.88. The molecule has 2 aliphatic rings. The third-order valence-corrected chi connectivity index (χ3v) is 5.55. The first-order valence-electron chi connectivity index (χ1n) is 9.22. The standard InChI is InChI=1S/C21H27NO3/c1-15-7-3-4-9-18(15)14-25-21(24)13-20-19-10-6-5-8-17(19)11-12-22(20)16(2)23/h3-6,8,10,15,18,20H,7,9,11-14H2,1-2H3. The number of benzene rings is 1. The highest BCUT2D eigenvalue weighted by Crippen LogP contribution is 2.33. The predicted octanol–water partition coefficient (Wildman–Crippen LogP) is 3.67. The van der Waals surface area contributed by atoms with Crippen molar-refractivity contribution < 1.29 is 14.3 Å². The summed E-state index contributed by atoms with van der Waals surface area (Å²) in [5.74, 6) is 0.742. The predicted molar refractivity (Wildman–Crippen MR) is 96.9 cm³/mol. The van der Waals surface area contributed by atoms with Gasteiger partial charge in [0.25, 0.3) is 0 Å². The van der Waals surface area contributed by atoms with Crippen molar-refractivity contribution >= 4 is 11.9 Å². The molecule has 1 aliphatic heterocycles. The summed E-state index contributed by atoms with van der Waals surface area (Å²) in [5.41, 5.74) is 2.30. The Kier molecular flexibility index (Phi) is 5.57. The Morgan fingerprint density at radius 2 is 1.96 bits per heavy atom. The Balaban J connectivity index is 1.65. The van der Waals surface area contributed by atoms with Gasteiger partial charge in [-0.1, -0.05) is 43.3 Å². The van der Waals surface area contributed by atoms with E-state index in [1.54, 1.807) is 11.8 Å². The van der Waals surface area contributed by atoms with Crippen LogP contribution in [0.3, 0.4) is 0 Å². The summed E-state index contributed by atoms with van der Waals surface area (Å²) in [6.45, 7) is 4.91. The van der Waals surface area contributed by atoms with Gasteiger partial charge in [0.2, 0.25) is 5.91 Å². The number of hydrogen-bond acceptors (Lipinski definition) is 3. The van der Waals surface area contributed by atoms with Gasteiger partial charge in [-0.3, -0.25) is 9.59 Å². The Morgan fingerprint density at radius 3 is 2.72 bits per heavy atom. The first-order chi connectivity index (χ1) is 12.1. The molecule has 134 valence electrons. The molecule has 1 aromatic carbocycles. The molecule has 0 saturated carbocycles. The van der Waals surface area contributed by atoms with E-state index in [-0.39, 0.29) is 24.3 Å². The van der Waals surface area contributed by atoms with Crippen LogP contribution in [0.5, 0.6) is 0 Å². The molecule has 0 aromatic heterocycles. The van der Waals surface area contributed by atoms with E-state index in [9.17, 15) is 9.59 Å². The number of ether oxygens (including phenoxy) is 1. The van der Waals surface area contributed by atoms with Crippen molar-refractivity contribution in [3.63, 3.8) is 0 Å². The lowest BCUT2D eigenvalue weighted by Crippen LogP contribution is -2.40. The van der Waals surface area contributed by atoms with E-state index in [0.29, 0.717) is 25.0 Å². The topological polar surface area (TPSA) is 46.6 Å². The lowest BCUT2D eigenvalue weighted by molar-refractivity contribution is -0.148. The van der Waals surface area contributed by atoms with Crippen LogP contribution in [-0.4, -0.2) is 29.9 Å². The molecule has 0 radical (unpaired) electrons. The highest BCUT2D eigenvalue weighted by atomic mass is 16.5. The van der Waals surface area contributed by atoms with Gasteiger partial charge in [0.15, 0.2) is 0 Å². The van der Waals surface area contributed by atoms with Gasteiger partial charge < -0.3 is 9.64 Å². The molecule has 0 saturated heterocycles. The van der Waals surface area contributed by atoms with Crippen molar-refractivity contribution in [1.29, 1.82) is 0 Å². The molecule has 1 heterocycles. The first kappa shape index (κ1) is 17.7. The normalized spacial score (nSPS) is 25.4. The number of carbonyl (C=O) groups is 2. The molecular weight excluding hydrogens is 314 g/mol. The summed E-state index contributed by atoms with van der Waals surface area (Å²) in [7, 11) is 0. The summed E-state index contributed by atoms with van der Waals surface area (Å²) < 4.78 is 5.59. The van der Waals surface area contributed by atoms with Gasteiger partial charge in [0, 0.05) is 13.5 Å². The highest BCUT2D eigenvalue weighted by molar-refractivity contribution is 5.77. The molecular formula is C21H27NO3. The molecule has 3 unspecified atom stereocenters. The maximum absolute atomic E-state index is 12.5. The molecule has 25 heavy (non-hydrogen) atoms.